The van der Waals surface area contributed by atoms with Gasteiger partial charge in [-0.05, 0) is 36.1 Å². The van der Waals surface area contributed by atoms with Crippen molar-refractivity contribution in [3.05, 3.63) is 65.2 Å². The van der Waals surface area contributed by atoms with E-state index in [1.54, 1.807) is 0 Å². The van der Waals surface area contributed by atoms with Gasteiger partial charge in [0.25, 0.3) is 0 Å². The summed E-state index contributed by atoms with van der Waals surface area (Å²) in [5, 5.41) is 0. The van der Waals surface area contributed by atoms with Crippen molar-refractivity contribution in [1.29, 1.82) is 0 Å². The average Bonchev–Trinajstić information content (AvgIpc) is 2.48. The molecule has 0 saturated heterocycles. The third-order valence-corrected chi connectivity index (χ3v) is 3.49. The number of ether oxygens (including phenoxy) is 1. The van der Waals surface area contributed by atoms with Gasteiger partial charge in [-0.1, -0.05) is 38.1 Å². The van der Waals surface area contributed by atoms with Crippen molar-refractivity contribution < 1.29 is 13.5 Å². The lowest BCUT2D eigenvalue weighted by Crippen LogP contribution is -2.00. The van der Waals surface area contributed by atoms with E-state index in [1.807, 2.05) is 24.3 Å². The molecule has 0 aromatic heterocycles. The van der Waals surface area contributed by atoms with E-state index in [9.17, 15) is 8.78 Å². The first-order chi connectivity index (χ1) is 9.61. The van der Waals surface area contributed by atoms with Crippen molar-refractivity contribution in [2.24, 2.45) is 0 Å². The van der Waals surface area contributed by atoms with Crippen molar-refractivity contribution in [3.8, 4) is 5.75 Å². The van der Waals surface area contributed by atoms with Gasteiger partial charge < -0.3 is 4.74 Å². The molecule has 1 atom stereocenters. The Bertz CT molecular complexity index is 564. The first-order valence-corrected chi connectivity index (χ1v) is 6.77. The van der Waals surface area contributed by atoms with E-state index in [-0.39, 0.29) is 12.2 Å². The summed E-state index contributed by atoms with van der Waals surface area (Å²) < 4.78 is 32.0. The normalized spacial score (nSPS) is 12.2. The Hall–Kier alpha value is -1.90. The summed E-state index contributed by atoms with van der Waals surface area (Å²) >= 11 is 0. The zero-order valence-corrected chi connectivity index (χ0v) is 11.7. The maximum Gasteiger partial charge on any atom is 0.165 e. The summed E-state index contributed by atoms with van der Waals surface area (Å²) in [5.74, 6) is -0.535. The van der Waals surface area contributed by atoms with Gasteiger partial charge >= 0.3 is 0 Å². The molecule has 1 unspecified atom stereocenters. The third kappa shape index (κ3) is 3.35. The standard InChI is InChI=1S/C17H18F2O/c1-3-12(2)13-7-9-15(10-8-13)20-11-14-5-4-6-16(18)17(14)19/h4-10,12H,3,11H2,1-2H3. The van der Waals surface area contributed by atoms with Crippen LogP contribution >= 0.6 is 0 Å². The largest absolute Gasteiger partial charge is 0.489 e. The summed E-state index contributed by atoms with van der Waals surface area (Å²) in [4.78, 5) is 0. The van der Waals surface area contributed by atoms with Gasteiger partial charge in [0.05, 0.1) is 0 Å². The lowest BCUT2D eigenvalue weighted by molar-refractivity contribution is 0.297. The SMILES string of the molecule is CCC(C)c1ccc(OCc2cccc(F)c2F)cc1. The van der Waals surface area contributed by atoms with Crippen molar-refractivity contribution >= 4 is 0 Å². The monoisotopic (exact) mass is 276 g/mol. The minimum Gasteiger partial charge on any atom is -0.489 e. The highest BCUT2D eigenvalue weighted by atomic mass is 19.2. The fourth-order valence-electron chi connectivity index (χ4n) is 1.95. The lowest BCUT2D eigenvalue weighted by atomic mass is 9.99. The number of hydrogen-bond donors (Lipinski definition) is 0. The van der Waals surface area contributed by atoms with Crippen molar-refractivity contribution in [2.75, 3.05) is 0 Å². The van der Waals surface area contributed by atoms with Crippen LogP contribution in [0, 0.1) is 11.6 Å². The molecule has 0 fully saturated rings. The predicted octanol–water partition coefficient (Wildman–Crippen LogP) is 5.06. The second-order valence-corrected chi connectivity index (χ2v) is 4.88. The number of halogens is 2. The molecule has 0 saturated carbocycles. The van der Waals surface area contributed by atoms with E-state index in [2.05, 4.69) is 13.8 Å². The Morgan fingerprint density at radius 2 is 1.75 bits per heavy atom. The Kier molecular flexibility index (Phi) is 4.72. The molecule has 20 heavy (non-hydrogen) atoms. The minimum absolute atomic E-state index is 0.0201. The maximum absolute atomic E-state index is 13.5. The van der Waals surface area contributed by atoms with E-state index in [4.69, 9.17) is 4.74 Å². The fraction of sp³-hybridized carbons (Fsp3) is 0.294. The van der Waals surface area contributed by atoms with Crippen LogP contribution in [-0.4, -0.2) is 0 Å². The van der Waals surface area contributed by atoms with Gasteiger partial charge in [-0.25, -0.2) is 8.78 Å². The molecule has 1 nitrogen and oxygen atoms in total. The Balaban J connectivity index is 2.02. The van der Waals surface area contributed by atoms with Crippen LogP contribution in [0.2, 0.25) is 0 Å². The van der Waals surface area contributed by atoms with Crippen LogP contribution in [0.3, 0.4) is 0 Å². The van der Waals surface area contributed by atoms with Gasteiger partial charge in [0.15, 0.2) is 11.6 Å². The Morgan fingerprint density at radius 3 is 2.40 bits per heavy atom. The number of hydrogen-bond acceptors (Lipinski definition) is 1. The van der Waals surface area contributed by atoms with Gasteiger partial charge in [0.1, 0.15) is 12.4 Å². The highest BCUT2D eigenvalue weighted by Gasteiger charge is 2.08. The Morgan fingerprint density at radius 1 is 1.05 bits per heavy atom. The van der Waals surface area contributed by atoms with E-state index in [0.29, 0.717) is 11.7 Å². The van der Waals surface area contributed by atoms with E-state index >= 15 is 0 Å². The molecular weight excluding hydrogens is 258 g/mol. The van der Waals surface area contributed by atoms with Gasteiger partial charge in [-0.2, -0.15) is 0 Å². The van der Waals surface area contributed by atoms with Crippen LogP contribution < -0.4 is 4.74 Å². The van der Waals surface area contributed by atoms with Crippen LogP contribution in [0.25, 0.3) is 0 Å². The van der Waals surface area contributed by atoms with Gasteiger partial charge in [-0.3, -0.25) is 0 Å². The van der Waals surface area contributed by atoms with Crippen LogP contribution in [0.15, 0.2) is 42.5 Å². The summed E-state index contributed by atoms with van der Waals surface area (Å²) in [5.41, 5.74) is 1.47. The van der Waals surface area contributed by atoms with Crippen LogP contribution in [0.1, 0.15) is 37.3 Å². The molecule has 0 amide bonds. The highest BCUT2D eigenvalue weighted by molar-refractivity contribution is 5.29. The predicted molar refractivity (Wildman–Crippen MR) is 75.8 cm³/mol. The molecule has 0 aliphatic carbocycles. The molecule has 0 aliphatic rings. The zero-order chi connectivity index (χ0) is 14.5. The molecule has 0 heterocycles. The van der Waals surface area contributed by atoms with Crippen LogP contribution in [0.4, 0.5) is 8.78 Å². The van der Waals surface area contributed by atoms with Crippen molar-refractivity contribution in [1.82, 2.24) is 0 Å². The van der Waals surface area contributed by atoms with Gasteiger partial charge in [-0.15, -0.1) is 0 Å². The smallest absolute Gasteiger partial charge is 0.165 e. The van der Waals surface area contributed by atoms with Crippen LogP contribution in [0.5, 0.6) is 5.75 Å². The van der Waals surface area contributed by atoms with Crippen molar-refractivity contribution in [3.63, 3.8) is 0 Å². The average molecular weight is 276 g/mol. The number of benzene rings is 2. The van der Waals surface area contributed by atoms with Gasteiger partial charge in [0, 0.05) is 5.56 Å². The quantitative estimate of drug-likeness (QED) is 0.742. The second-order valence-electron chi connectivity index (χ2n) is 4.88. The third-order valence-electron chi connectivity index (χ3n) is 3.49. The molecule has 2 aromatic carbocycles. The molecular formula is C17H18F2O. The first-order valence-electron chi connectivity index (χ1n) is 6.77. The summed E-state index contributed by atoms with van der Waals surface area (Å²) in [7, 11) is 0. The molecule has 0 bridgehead atoms. The summed E-state index contributed by atoms with van der Waals surface area (Å²) in [6.45, 7) is 4.33. The zero-order valence-electron chi connectivity index (χ0n) is 11.7. The lowest BCUT2D eigenvalue weighted by Gasteiger charge is -2.11. The Labute approximate surface area is 118 Å². The van der Waals surface area contributed by atoms with E-state index in [0.717, 1.165) is 12.5 Å². The molecule has 0 spiro atoms. The second kappa shape index (κ2) is 6.51. The highest BCUT2D eigenvalue weighted by Crippen LogP contribution is 2.22. The molecule has 106 valence electrons. The first kappa shape index (κ1) is 14.5. The van der Waals surface area contributed by atoms with E-state index in [1.165, 1.54) is 17.7 Å². The summed E-state index contributed by atoms with van der Waals surface area (Å²) in [6, 6.07) is 11.8. The van der Waals surface area contributed by atoms with Gasteiger partial charge in [0.2, 0.25) is 0 Å². The molecule has 3 heteroatoms. The molecule has 2 aromatic rings. The molecule has 2 rings (SSSR count). The summed E-state index contributed by atoms with van der Waals surface area (Å²) in [6.07, 6.45) is 1.08. The molecule has 0 aliphatic heterocycles. The fourth-order valence-corrected chi connectivity index (χ4v) is 1.95. The van der Waals surface area contributed by atoms with E-state index < -0.39 is 11.6 Å². The van der Waals surface area contributed by atoms with Crippen LogP contribution in [-0.2, 0) is 6.61 Å². The minimum atomic E-state index is -0.849. The molecule has 0 N–H and O–H groups in total. The topological polar surface area (TPSA) is 9.23 Å². The maximum atomic E-state index is 13.5. The number of rotatable bonds is 5. The molecule has 0 radical (unpaired) electrons. The van der Waals surface area contributed by atoms with Crippen molar-refractivity contribution in [2.45, 2.75) is 32.8 Å².